The number of aliphatic imine (C=N–C) groups is 1. The van der Waals surface area contributed by atoms with Crippen molar-refractivity contribution in [2.45, 2.75) is 0 Å². The van der Waals surface area contributed by atoms with Crippen LogP contribution in [0.1, 0.15) is 0 Å². The van der Waals surface area contributed by atoms with Crippen molar-refractivity contribution in [3.05, 3.63) is 37.3 Å². The average molecular weight is 143 g/mol. The van der Waals surface area contributed by atoms with Crippen LogP contribution in [0, 0.1) is 0 Å². The third-order valence-electron chi connectivity index (χ3n) is 0.622. The lowest BCUT2D eigenvalue weighted by atomic mass is 10.5. The molecule has 0 atom stereocenters. The van der Waals surface area contributed by atoms with E-state index in [1.165, 1.54) is 0 Å². The summed E-state index contributed by atoms with van der Waals surface area (Å²) in [5.74, 6) is -1.42. The Labute approximate surface area is 58.1 Å². The molecule has 0 radical (unpaired) electrons. The first kappa shape index (κ1) is 8.75. The van der Waals surface area contributed by atoms with Crippen molar-refractivity contribution in [1.82, 2.24) is 0 Å². The van der Waals surface area contributed by atoms with Gasteiger partial charge < -0.3 is 0 Å². The number of rotatable bonds is 3. The summed E-state index contributed by atoms with van der Waals surface area (Å²) in [6.07, 6.45) is 2.84. The second-order valence-corrected chi connectivity index (χ2v) is 1.42. The van der Waals surface area contributed by atoms with Crippen molar-refractivity contribution in [1.29, 1.82) is 0 Å². The molecular formula is C7H7F2N. The monoisotopic (exact) mass is 143 g/mol. The minimum atomic E-state index is -0.752. The Kier molecular flexibility index (Phi) is 4.04. The molecule has 0 aromatic heterocycles. The minimum absolute atomic E-state index is 0.666. The fraction of sp³-hybridized carbons (Fsp3) is 0. The standard InChI is InChI=1S/C7H7F2N/c1-3-7(9)10-5-4-6(2)8/h3-5H,1-2H2/b5-4-,10-7?. The Morgan fingerprint density at radius 1 is 1.40 bits per heavy atom. The molecule has 0 aliphatic carbocycles. The lowest BCUT2D eigenvalue weighted by molar-refractivity contribution is 0.671. The van der Waals surface area contributed by atoms with Crippen LogP contribution in [0.5, 0.6) is 0 Å². The summed E-state index contributed by atoms with van der Waals surface area (Å²) in [5, 5.41) is 0. The molecule has 0 saturated carbocycles. The lowest BCUT2D eigenvalue weighted by Crippen LogP contribution is -1.75. The summed E-state index contributed by atoms with van der Waals surface area (Å²) in [5.41, 5.74) is 0. The summed E-state index contributed by atoms with van der Waals surface area (Å²) in [4.78, 5) is 3.13. The van der Waals surface area contributed by atoms with Crippen LogP contribution in [0.25, 0.3) is 0 Å². The van der Waals surface area contributed by atoms with Gasteiger partial charge in [0.25, 0.3) is 0 Å². The third-order valence-corrected chi connectivity index (χ3v) is 0.622. The molecule has 0 spiro atoms. The van der Waals surface area contributed by atoms with E-state index in [9.17, 15) is 8.78 Å². The van der Waals surface area contributed by atoms with E-state index in [1.54, 1.807) is 0 Å². The number of hydrogen-bond donors (Lipinski definition) is 0. The van der Waals surface area contributed by atoms with Gasteiger partial charge in [-0.05, 0) is 12.2 Å². The summed E-state index contributed by atoms with van der Waals surface area (Å²) in [6.45, 7) is 6.01. The molecule has 0 saturated heterocycles. The molecule has 0 heterocycles. The van der Waals surface area contributed by atoms with Gasteiger partial charge >= 0.3 is 0 Å². The average Bonchev–Trinajstić information content (AvgIpc) is 1.87. The quantitative estimate of drug-likeness (QED) is 0.425. The Bertz CT molecular complexity index is 192. The molecule has 0 fully saturated rings. The van der Waals surface area contributed by atoms with E-state index in [0.29, 0.717) is 0 Å². The van der Waals surface area contributed by atoms with Crippen molar-refractivity contribution < 1.29 is 8.78 Å². The zero-order valence-corrected chi connectivity index (χ0v) is 5.35. The molecule has 0 N–H and O–H groups in total. The largest absolute Gasteiger partial charge is 0.228 e. The van der Waals surface area contributed by atoms with Crippen molar-refractivity contribution >= 4 is 5.97 Å². The van der Waals surface area contributed by atoms with Crippen LogP contribution in [0.4, 0.5) is 8.78 Å². The predicted molar refractivity (Wildman–Crippen MR) is 38.1 cm³/mol. The smallest absolute Gasteiger partial charge is 0.212 e. The highest BCUT2D eigenvalue weighted by Crippen LogP contribution is 1.93. The van der Waals surface area contributed by atoms with Gasteiger partial charge in [-0.2, -0.15) is 4.39 Å². The predicted octanol–water partition coefficient (Wildman–Crippen LogP) is 2.54. The van der Waals surface area contributed by atoms with Gasteiger partial charge in [-0.15, -0.1) is 0 Å². The number of halogens is 2. The Hall–Kier alpha value is -1.25. The van der Waals surface area contributed by atoms with Crippen LogP contribution in [-0.4, -0.2) is 5.97 Å². The van der Waals surface area contributed by atoms with E-state index in [1.807, 2.05) is 0 Å². The van der Waals surface area contributed by atoms with Gasteiger partial charge in [-0.25, -0.2) is 9.38 Å². The molecule has 1 nitrogen and oxygen atoms in total. The highest BCUT2D eigenvalue weighted by molar-refractivity contribution is 5.86. The zero-order valence-electron chi connectivity index (χ0n) is 5.35. The summed E-state index contributed by atoms with van der Waals surface area (Å²) >= 11 is 0. The molecule has 54 valence electrons. The van der Waals surface area contributed by atoms with Crippen LogP contribution < -0.4 is 0 Å². The normalized spacial score (nSPS) is 12.0. The van der Waals surface area contributed by atoms with Gasteiger partial charge in [0.2, 0.25) is 5.97 Å². The maximum Gasteiger partial charge on any atom is 0.212 e. The van der Waals surface area contributed by atoms with Gasteiger partial charge in [0.15, 0.2) is 0 Å². The topological polar surface area (TPSA) is 12.4 Å². The van der Waals surface area contributed by atoms with E-state index < -0.39 is 11.8 Å². The van der Waals surface area contributed by atoms with Crippen molar-refractivity contribution in [3.8, 4) is 0 Å². The lowest BCUT2D eigenvalue weighted by Gasteiger charge is -1.79. The summed E-state index contributed by atoms with van der Waals surface area (Å²) in [6, 6.07) is 0. The highest BCUT2D eigenvalue weighted by atomic mass is 19.1. The first-order valence-corrected chi connectivity index (χ1v) is 2.53. The van der Waals surface area contributed by atoms with E-state index in [2.05, 4.69) is 18.2 Å². The number of allylic oxidation sites excluding steroid dienone is 3. The van der Waals surface area contributed by atoms with E-state index in [0.717, 1.165) is 18.4 Å². The van der Waals surface area contributed by atoms with Crippen LogP contribution in [-0.2, 0) is 0 Å². The van der Waals surface area contributed by atoms with Gasteiger partial charge in [-0.1, -0.05) is 13.2 Å². The van der Waals surface area contributed by atoms with Gasteiger partial charge in [0, 0.05) is 6.20 Å². The SMILES string of the molecule is C=CC(F)=N/C=C\C(=C)F. The van der Waals surface area contributed by atoms with Gasteiger partial charge in [0.05, 0.1) is 0 Å². The van der Waals surface area contributed by atoms with Crippen LogP contribution >= 0.6 is 0 Å². The molecule has 0 aliphatic heterocycles. The second-order valence-electron chi connectivity index (χ2n) is 1.42. The number of hydrogen-bond acceptors (Lipinski definition) is 1. The zero-order chi connectivity index (χ0) is 7.98. The van der Waals surface area contributed by atoms with Gasteiger partial charge in [0.1, 0.15) is 5.83 Å². The van der Waals surface area contributed by atoms with Crippen LogP contribution in [0.2, 0.25) is 0 Å². The molecule has 0 aromatic rings. The molecular weight excluding hydrogens is 136 g/mol. The maximum absolute atomic E-state index is 12.0. The number of nitrogens with zero attached hydrogens (tertiary/aromatic N) is 1. The van der Waals surface area contributed by atoms with E-state index in [-0.39, 0.29) is 0 Å². The van der Waals surface area contributed by atoms with Crippen molar-refractivity contribution in [2.24, 2.45) is 4.99 Å². The van der Waals surface area contributed by atoms with E-state index >= 15 is 0 Å². The Balaban J connectivity index is 3.93. The fourth-order valence-electron chi connectivity index (χ4n) is 0.242. The van der Waals surface area contributed by atoms with Crippen LogP contribution in [0.15, 0.2) is 42.3 Å². The van der Waals surface area contributed by atoms with Crippen molar-refractivity contribution in [3.63, 3.8) is 0 Å². The first-order valence-electron chi connectivity index (χ1n) is 2.53. The third kappa shape index (κ3) is 4.90. The summed E-state index contributed by atoms with van der Waals surface area (Å²) < 4.78 is 23.8. The Morgan fingerprint density at radius 3 is 2.40 bits per heavy atom. The molecule has 0 rings (SSSR count). The Morgan fingerprint density at radius 2 is 2.00 bits per heavy atom. The molecule has 3 heteroatoms. The molecule has 0 aliphatic rings. The van der Waals surface area contributed by atoms with Gasteiger partial charge in [-0.3, -0.25) is 0 Å². The van der Waals surface area contributed by atoms with E-state index in [4.69, 9.17) is 0 Å². The van der Waals surface area contributed by atoms with Crippen molar-refractivity contribution in [2.75, 3.05) is 0 Å². The molecule has 0 amide bonds. The fourth-order valence-corrected chi connectivity index (χ4v) is 0.242. The minimum Gasteiger partial charge on any atom is -0.228 e. The van der Waals surface area contributed by atoms with Crippen LogP contribution in [0.3, 0.4) is 0 Å². The molecule has 0 unspecified atom stereocenters. The first-order chi connectivity index (χ1) is 4.66. The molecule has 0 bridgehead atoms. The highest BCUT2D eigenvalue weighted by Gasteiger charge is 1.81. The summed E-state index contributed by atoms with van der Waals surface area (Å²) in [7, 11) is 0. The second kappa shape index (κ2) is 4.61. The maximum atomic E-state index is 12.0. The molecule has 10 heavy (non-hydrogen) atoms. The molecule has 0 aromatic carbocycles.